The summed E-state index contributed by atoms with van der Waals surface area (Å²) in [5.41, 5.74) is 3.39. The molecule has 3 aromatic heterocycles. The molecule has 1 aliphatic rings. The Labute approximate surface area is 210 Å². The summed E-state index contributed by atoms with van der Waals surface area (Å²) in [5, 5.41) is 9.78. The van der Waals surface area contributed by atoms with Crippen LogP contribution in [0.3, 0.4) is 0 Å². The first-order chi connectivity index (χ1) is 17.4. The Hall–Kier alpha value is -4.07. The number of imidazole rings is 1. The van der Waals surface area contributed by atoms with E-state index in [1.807, 2.05) is 0 Å². The number of pyridine rings is 1. The third-order valence-corrected chi connectivity index (χ3v) is 7.24. The van der Waals surface area contributed by atoms with Crippen molar-refractivity contribution in [2.45, 2.75) is 26.2 Å². The summed E-state index contributed by atoms with van der Waals surface area (Å²) in [6, 6.07) is 6.67. The minimum absolute atomic E-state index is 0.0388. The van der Waals surface area contributed by atoms with E-state index in [1.165, 1.54) is 13.0 Å². The number of sulfonamides is 1. The van der Waals surface area contributed by atoms with Crippen LogP contribution in [0.2, 0.25) is 0 Å². The van der Waals surface area contributed by atoms with Crippen LogP contribution < -0.4 is 15.4 Å². The van der Waals surface area contributed by atoms with Gasteiger partial charge in [0.1, 0.15) is 23.1 Å². The summed E-state index contributed by atoms with van der Waals surface area (Å²) >= 11 is 0. The number of aromatic nitrogens is 5. The number of aromatic amines is 1. The predicted molar refractivity (Wildman–Crippen MR) is 135 cm³/mol. The van der Waals surface area contributed by atoms with Crippen LogP contribution in [0, 0.1) is 12.8 Å². The van der Waals surface area contributed by atoms with Crippen LogP contribution in [0.5, 0.6) is 0 Å². The molecule has 1 saturated carbocycles. The van der Waals surface area contributed by atoms with Crippen molar-refractivity contribution >= 4 is 50.0 Å². The van der Waals surface area contributed by atoms with Crippen molar-refractivity contribution in [1.29, 1.82) is 0 Å². The number of carbonyl (C=O) groups excluding carboxylic acids is 1. The Bertz CT molecular complexity index is 1630. The minimum Gasteiger partial charge on any atom is -0.352 e. The number of H-pyrrole nitrogens is 1. The molecule has 1 fully saturated rings. The molecule has 11 nitrogen and oxygen atoms in total. The Morgan fingerprint density at radius 1 is 1.19 bits per heavy atom. The van der Waals surface area contributed by atoms with Gasteiger partial charge in [0.25, 0.3) is 5.92 Å². The van der Waals surface area contributed by atoms with E-state index in [-0.39, 0.29) is 22.9 Å². The molecule has 4 aromatic rings. The number of nitrogens with one attached hydrogen (secondary N) is 4. The van der Waals surface area contributed by atoms with E-state index >= 15 is 0 Å². The van der Waals surface area contributed by atoms with Gasteiger partial charge in [0.05, 0.1) is 29.0 Å². The summed E-state index contributed by atoms with van der Waals surface area (Å²) in [6.45, 7) is 3.25. The van der Waals surface area contributed by atoms with E-state index < -0.39 is 34.2 Å². The third-order valence-electron chi connectivity index (χ3n) is 5.95. The van der Waals surface area contributed by atoms with E-state index in [2.05, 4.69) is 35.4 Å². The number of halogens is 2. The van der Waals surface area contributed by atoms with Crippen molar-refractivity contribution in [3.8, 4) is 11.1 Å². The first-order valence-corrected chi connectivity index (χ1v) is 13.1. The average molecular weight is 531 g/mol. The first-order valence-electron chi connectivity index (χ1n) is 11.4. The fourth-order valence-electron chi connectivity index (χ4n) is 3.85. The molecular weight excluding hydrogens is 506 g/mol. The molecule has 1 aromatic carbocycles. The highest BCUT2D eigenvalue weighted by Crippen LogP contribution is 2.49. The molecule has 194 valence electrons. The van der Waals surface area contributed by atoms with Gasteiger partial charge >= 0.3 is 0 Å². The van der Waals surface area contributed by atoms with Gasteiger partial charge in [0, 0.05) is 31.3 Å². The quantitative estimate of drug-likeness (QED) is 0.271. The summed E-state index contributed by atoms with van der Waals surface area (Å²) in [6.07, 6.45) is 2.97. The second-order valence-electron chi connectivity index (χ2n) is 8.88. The van der Waals surface area contributed by atoms with Crippen molar-refractivity contribution in [2.75, 3.05) is 21.1 Å². The van der Waals surface area contributed by atoms with Crippen LogP contribution >= 0.6 is 0 Å². The molecular formula is C23H24F2N8O3S. The molecule has 0 radical (unpaired) electrons. The zero-order chi connectivity index (χ0) is 26.5. The normalized spacial score (nSPS) is 16.5. The molecule has 14 heteroatoms. The fourth-order valence-corrected chi connectivity index (χ4v) is 4.50. The van der Waals surface area contributed by atoms with Gasteiger partial charge in [-0.3, -0.25) is 14.2 Å². The Morgan fingerprint density at radius 2 is 1.95 bits per heavy atom. The molecule has 5 rings (SSSR count). The molecule has 1 amide bonds. The summed E-state index contributed by atoms with van der Waals surface area (Å²) in [5.74, 6) is -4.78. The summed E-state index contributed by atoms with van der Waals surface area (Å²) in [7, 11) is -1.85. The van der Waals surface area contributed by atoms with E-state index in [0.717, 1.165) is 11.1 Å². The lowest BCUT2D eigenvalue weighted by molar-refractivity contribution is -0.119. The average Bonchev–Trinajstić information content (AvgIpc) is 3.11. The van der Waals surface area contributed by atoms with E-state index in [4.69, 9.17) is 0 Å². The van der Waals surface area contributed by atoms with Crippen LogP contribution in [-0.2, 0) is 21.9 Å². The Balaban J connectivity index is 1.54. The van der Waals surface area contributed by atoms with Crippen LogP contribution in [0.25, 0.3) is 22.3 Å². The zero-order valence-electron chi connectivity index (χ0n) is 20.1. The number of rotatable bonds is 8. The molecule has 0 unspecified atom stereocenters. The number of hydrogen-bond donors (Lipinski definition) is 4. The highest BCUT2D eigenvalue weighted by molar-refractivity contribution is 7.92. The molecule has 4 N–H and O–H groups in total. The number of carbonyl (C=O) groups is 1. The predicted octanol–water partition coefficient (Wildman–Crippen LogP) is 3.77. The van der Waals surface area contributed by atoms with Gasteiger partial charge in [0.15, 0.2) is 5.65 Å². The second kappa shape index (κ2) is 8.80. The zero-order valence-corrected chi connectivity index (χ0v) is 20.9. The lowest BCUT2D eigenvalue weighted by atomic mass is 10.1. The monoisotopic (exact) mass is 530 g/mol. The van der Waals surface area contributed by atoms with Crippen LogP contribution in [0.4, 0.5) is 31.7 Å². The maximum absolute atomic E-state index is 13.4. The smallest absolute Gasteiger partial charge is 0.260 e. The number of aryl methyl sites for hydroxylation is 2. The highest BCUT2D eigenvalue weighted by atomic mass is 32.2. The van der Waals surface area contributed by atoms with E-state index in [9.17, 15) is 22.0 Å². The van der Waals surface area contributed by atoms with Crippen LogP contribution in [-0.4, -0.2) is 50.7 Å². The van der Waals surface area contributed by atoms with Gasteiger partial charge in [-0.25, -0.2) is 27.2 Å². The number of nitrogens with zero attached hydrogens (tertiary/aromatic N) is 4. The van der Waals surface area contributed by atoms with E-state index in [0.29, 0.717) is 22.7 Å². The first kappa shape index (κ1) is 24.6. The largest absolute Gasteiger partial charge is 0.352 e. The number of alkyl halides is 2. The molecule has 0 spiro atoms. The molecule has 1 atom stereocenters. The number of fused-ring (bicyclic) bond motifs is 1. The lowest BCUT2D eigenvalue weighted by Crippen LogP contribution is -2.18. The lowest BCUT2D eigenvalue weighted by Gasteiger charge is -2.16. The Kier molecular flexibility index (Phi) is 5.85. The molecule has 0 bridgehead atoms. The van der Waals surface area contributed by atoms with Crippen molar-refractivity contribution in [3.63, 3.8) is 0 Å². The van der Waals surface area contributed by atoms with Crippen LogP contribution in [0.1, 0.15) is 19.2 Å². The molecule has 3 heterocycles. The Morgan fingerprint density at radius 3 is 2.59 bits per heavy atom. The minimum atomic E-state index is -3.63. The summed E-state index contributed by atoms with van der Waals surface area (Å²) in [4.78, 5) is 23.9. The van der Waals surface area contributed by atoms with Crippen LogP contribution in [0.15, 0.2) is 36.7 Å². The van der Waals surface area contributed by atoms with Crippen molar-refractivity contribution in [3.05, 3.63) is 42.5 Å². The summed E-state index contributed by atoms with van der Waals surface area (Å²) < 4.78 is 55.9. The standard InChI is InChI=1S/C23H24F2N8O3S/c1-4-37(35,36)32-17-7-13(14-10-26-33(3)11-14)5-6-16(17)29-18-8-19(30-21-20(18)27-12(2)28-21)31-22(34)15-9-23(15,24)25/h5-8,10-11,15,32H,4,9H2,1-3H3,(H3,27,28,29,30,31,34)/t15-/m1/s1. The van der Waals surface area contributed by atoms with Gasteiger partial charge < -0.3 is 15.6 Å². The van der Waals surface area contributed by atoms with Crippen molar-refractivity contribution in [1.82, 2.24) is 24.7 Å². The topological polar surface area (TPSA) is 147 Å². The molecule has 1 aliphatic carbocycles. The molecule has 0 saturated heterocycles. The second-order valence-corrected chi connectivity index (χ2v) is 10.9. The maximum Gasteiger partial charge on any atom is 0.260 e. The molecule has 0 aliphatic heterocycles. The van der Waals surface area contributed by atoms with Gasteiger partial charge in [0.2, 0.25) is 15.9 Å². The fraction of sp³-hybridized carbons (Fsp3) is 0.304. The maximum atomic E-state index is 13.4. The van der Waals surface area contributed by atoms with E-state index in [1.54, 1.807) is 49.2 Å². The number of anilines is 4. The van der Waals surface area contributed by atoms with Gasteiger partial charge in [-0.15, -0.1) is 0 Å². The highest BCUT2D eigenvalue weighted by Gasteiger charge is 2.61. The molecule has 37 heavy (non-hydrogen) atoms. The van der Waals surface area contributed by atoms with Gasteiger partial charge in [-0.1, -0.05) is 6.07 Å². The van der Waals surface area contributed by atoms with Crippen molar-refractivity contribution < 1.29 is 22.0 Å². The van der Waals surface area contributed by atoms with Crippen molar-refractivity contribution in [2.24, 2.45) is 13.0 Å². The number of hydrogen-bond acceptors (Lipinski definition) is 7. The van der Waals surface area contributed by atoms with Gasteiger partial charge in [-0.05, 0) is 31.5 Å². The van der Waals surface area contributed by atoms with Gasteiger partial charge in [-0.2, -0.15) is 5.10 Å². The SMILES string of the molecule is CCS(=O)(=O)Nc1cc(-c2cnn(C)c2)ccc1Nc1cc(NC(=O)[C@H]2CC2(F)F)nc2nc(C)[nH]c12. The number of amides is 1. The number of benzene rings is 1. The third kappa shape index (κ3) is 5.09.